The number of ether oxygens (including phenoxy) is 1. The largest absolute Gasteiger partial charge is 0.496 e. The maximum absolute atomic E-state index is 12.8. The third-order valence-electron chi connectivity index (χ3n) is 4.40. The van der Waals surface area contributed by atoms with E-state index in [9.17, 15) is 9.59 Å². The lowest BCUT2D eigenvalue weighted by molar-refractivity contribution is 0.0643. The van der Waals surface area contributed by atoms with Crippen LogP contribution in [0, 0.1) is 0 Å². The topological polar surface area (TPSA) is 58.6 Å². The number of rotatable bonds is 8. The lowest BCUT2D eigenvalue weighted by Gasteiger charge is -2.30. The number of hydrogen-bond donors (Lipinski definition) is 1. The summed E-state index contributed by atoms with van der Waals surface area (Å²) in [6.07, 6.45) is 0. The molecule has 0 bridgehead atoms. The molecule has 0 unspecified atom stereocenters. The van der Waals surface area contributed by atoms with E-state index in [1.165, 1.54) is 7.11 Å². The Morgan fingerprint density at radius 1 is 1.04 bits per heavy atom. The van der Waals surface area contributed by atoms with E-state index < -0.39 is 0 Å². The van der Waals surface area contributed by atoms with Gasteiger partial charge in [0.2, 0.25) is 0 Å². The first kappa shape index (κ1) is 21.8. The summed E-state index contributed by atoms with van der Waals surface area (Å²) in [5, 5.41) is 3.22. The number of amides is 1. The van der Waals surface area contributed by atoms with E-state index in [1.807, 2.05) is 44.7 Å². The van der Waals surface area contributed by atoms with Crippen LogP contribution in [0.25, 0.3) is 0 Å². The zero-order valence-corrected chi connectivity index (χ0v) is 17.7. The molecule has 5 nitrogen and oxygen atoms in total. The van der Waals surface area contributed by atoms with Gasteiger partial charge >= 0.3 is 0 Å². The van der Waals surface area contributed by atoms with Crippen molar-refractivity contribution in [2.75, 3.05) is 18.3 Å². The van der Waals surface area contributed by atoms with E-state index in [4.69, 9.17) is 16.3 Å². The average Bonchev–Trinajstić information content (AvgIpc) is 2.67. The number of benzene rings is 2. The average molecular weight is 403 g/mol. The molecule has 2 rings (SSSR count). The van der Waals surface area contributed by atoms with Gasteiger partial charge in [-0.15, -0.1) is 11.6 Å². The second kappa shape index (κ2) is 9.60. The normalized spacial score (nSPS) is 10.9. The van der Waals surface area contributed by atoms with Crippen molar-refractivity contribution in [2.24, 2.45) is 0 Å². The fraction of sp³-hybridized carbons (Fsp3) is 0.364. The van der Waals surface area contributed by atoms with Crippen LogP contribution in [0.5, 0.6) is 5.75 Å². The smallest absolute Gasteiger partial charge is 0.254 e. The van der Waals surface area contributed by atoms with Crippen molar-refractivity contribution >= 4 is 34.7 Å². The van der Waals surface area contributed by atoms with Crippen molar-refractivity contribution in [3.63, 3.8) is 0 Å². The minimum absolute atomic E-state index is 0.00376. The SMILES string of the molecule is COc1cccc(Nc2ccc(C(=O)N(C(C)C)C(C)C)cc2)c1C(=O)CCl. The highest BCUT2D eigenvalue weighted by molar-refractivity contribution is 6.31. The maximum Gasteiger partial charge on any atom is 0.254 e. The van der Waals surface area contributed by atoms with Crippen LogP contribution in [0.3, 0.4) is 0 Å². The highest BCUT2D eigenvalue weighted by atomic mass is 35.5. The van der Waals surface area contributed by atoms with Crippen LogP contribution in [-0.2, 0) is 0 Å². The standard InChI is InChI=1S/C22H27ClN2O3/c1-14(2)25(15(3)4)22(27)16-9-11-17(12-10-16)24-18-7-6-8-20(28-5)21(18)19(26)13-23/h6-12,14-15,24H,13H2,1-5H3. The van der Waals surface area contributed by atoms with Crippen molar-refractivity contribution in [1.29, 1.82) is 0 Å². The van der Waals surface area contributed by atoms with Gasteiger partial charge in [0.05, 0.1) is 24.2 Å². The number of anilines is 2. The molecule has 0 spiro atoms. The van der Waals surface area contributed by atoms with Crippen LogP contribution in [-0.4, -0.2) is 41.7 Å². The van der Waals surface area contributed by atoms with Crippen LogP contribution < -0.4 is 10.1 Å². The van der Waals surface area contributed by atoms with E-state index in [2.05, 4.69) is 5.32 Å². The van der Waals surface area contributed by atoms with E-state index in [0.717, 1.165) is 5.69 Å². The summed E-state index contributed by atoms with van der Waals surface area (Å²) >= 11 is 5.75. The molecule has 150 valence electrons. The Morgan fingerprint density at radius 2 is 1.64 bits per heavy atom. The molecule has 6 heteroatoms. The lowest BCUT2D eigenvalue weighted by atomic mass is 10.1. The van der Waals surface area contributed by atoms with Gasteiger partial charge in [-0.05, 0) is 64.1 Å². The Hall–Kier alpha value is -2.53. The Labute approximate surface area is 171 Å². The third kappa shape index (κ3) is 4.84. The first-order chi connectivity index (χ1) is 13.3. The Balaban J connectivity index is 2.29. The summed E-state index contributed by atoms with van der Waals surface area (Å²) < 4.78 is 5.30. The van der Waals surface area contributed by atoms with E-state index in [1.54, 1.807) is 30.3 Å². The number of nitrogens with zero attached hydrogens (tertiary/aromatic N) is 1. The Bertz CT molecular complexity index is 824. The molecule has 1 N–H and O–H groups in total. The summed E-state index contributed by atoms with van der Waals surface area (Å²) in [5.74, 6) is 0.101. The van der Waals surface area contributed by atoms with Crippen LogP contribution >= 0.6 is 11.6 Å². The number of halogens is 1. The molecular formula is C22H27ClN2O3. The van der Waals surface area contributed by atoms with Gasteiger partial charge in [0, 0.05) is 23.3 Å². The summed E-state index contributed by atoms with van der Waals surface area (Å²) in [7, 11) is 1.51. The molecule has 0 saturated heterocycles. The Morgan fingerprint density at radius 3 is 2.14 bits per heavy atom. The van der Waals surface area contributed by atoms with Crippen molar-refractivity contribution in [2.45, 2.75) is 39.8 Å². The molecule has 0 aromatic heterocycles. The molecule has 0 atom stereocenters. The highest BCUT2D eigenvalue weighted by Gasteiger charge is 2.21. The van der Waals surface area contributed by atoms with Gasteiger partial charge in [-0.3, -0.25) is 9.59 Å². The van der Waals surface area contributed by atoms with E-state index >= 15 is 0 Å². The minimum atomic E-state index is -0.224. The number of methoxy groups -OCH3 is 1. The van der Waals surface area contributed by atoms with Crippen molar-refractivity contribution in [3.05, 3.63) is 53.6 Å². The lowest BCUT2D eigenvalue weighted by Crippen LogP contribution is -2.42. The maximum atomic E-state index is 12.8. The summed E-state index contributed by atoms with van der Waals surface area (Å²) in [5.41, 5.74) is 2.39. The van der Waals surface area contributed by atoms with Gasteiger partial charge < -0.3 is 15.0 Å². The van der Waals surface area contributed by atoms with Crippen molar-refractivity contribution < 1.29 is 14.3 Å². The van der Waals surface area contributed by atoms with Crippen molar-refractivity contribution in [1.82, 2.24) is 4.90 Å². The van der Waals surface area contributed by atoms with Gasteiger partial charge in [-0.2, -0.15) is 0 Å². The van der Waals surface area contributed by atoms with Crippen LogP contribution in [0.4, 0.5) is 11.4 Å². The van der Waals surface area contributed by atoms with Crippen LogP contribution in [0.15, 0.2) is 42.5 Å². The molecule has 0 radical (unpaired) electrons. The number of nitrogens with one attached hydrogen (secondary N) is 1. The summed E-state index contributed by atoms with van der Waals surface area (Å²) in [6, 6.07) is 12.8. The molecule has 0 fully saturated rings. The predicted octanol–water partition coefficient (Wildman–Crippen LogP) is 5.12. The van der Waals surface area contributed by atoms with E-state index in [-0.39, 0.29) is 29.7 Å². The molecule has 0 aliphatic heterocycles. The zero-order valence-electron chi connectivity index (χ0n) is 17.0. The highest BCUT2D eigenvalue weighted by Crippen LogP contribution is 2.30. The molecule has 0 aliphatic carbocycles. The van der Waals surface area contributed by atoms with Gasteiger partial charge in [0.1, 0.15) is 5.75 Å². The number of carbonyl (C=O) groups is 2. The second-order valence-electron chi connectivity index (χ2n) is 7.04. The molecule has 2 aromatic rings. The molecule has 0 aliphatic rings. The number of ketones is 1. The quantitative estimate of drug-likeness (QED) is 0.491. The first-order valence-corrected chi connectivity index (χ1v) is 9.79. The van der Waals surface area contributed by atoms with Gasteiger partial charge in [-0.25, -0.2) is 0 Å². The number of alkyl halides is 1. The summed E-state index contributed by atoms with van der Waals surface area (Å²) in [6.45, 7) is 8.02. The predicted molar refractivity (Wildman–Crippen MR) is 114 cm³/mol. The molecule has 0 heterocycles. The number of carbonyl (C=O) groups excluding carboxylic acids is 2. The van der Waals surface area contributed by atoms with Crippen LogP contribution in [0.2, 0.25) is 0 Å². The first-order valence-electron chi connectivity index (χ1n) is 9.26. The number of Topliss-reactive ketones (excluding diaryl/α,β-unsaturated/α-hetero) is 1. The number of hydrogen-bond acceptors (Lipinski definition) is 4. The van der Waals surface area contributed by atoms with Gasteiger partial charge in [0.15, 0.2) is 5.78 Å². The van der Waals surface area contributed by atoms with Gasteiger partial charge in [0.25, 0.3) is 5.91 Å². The Kier molecular flexibility index (Phi) is 7.46. The van der Waals surface area contributed by atoms with E-state index in [0.29, 0.717) is 22.6 Å². The second-order valence-corrected chi connectivity index (χ2v) is 7.31. The minimum Gasteiger partial charge on any atom is -0.496 e. The third-order valence-corrected chi connectivity index (χ3v) is 4.65. The molecule has 28 heavy (non-hydrogen) atoms. The molecule has 2 aromatic carbocycles. The zero-order chi connectivity index (χ0) is 20.8. The van der Waals surface area contributed by atoms with Crippen LogP contribution in [0.1, 0.15) is 48.4 Å². The van der Waals surface area contributed by atoms with Crippen molar-refractivity contribution in [3.8, 4) is 5.75 Å². The molecular weight excluding hydrogens is 376 g/mol. The fourth-order valence-electron chi connectivity index (χ4n) is 3.23. The van der Waals surface area contributed by atoms with Gasteiger partial charge in [-0.1, -0.05) is 6.07 Å². The summed E-state index contributed by atoms with van der Waals surface area (Å²) in [4.78, 5) is 26.9. The molecule has 1 amide bonds. The molecule has 0 saturated carbocycles. The monoisotopic (exact) mass is 402 g/mol. The fourth-order valence-corrected chi connectivity index (χ4v) is 3.36.